The topological polar surface area (TPSA) is 46.2 Å². The molecule has 18 heavy (non-hydrogen) atoms. The summed E-state index contributed by atoms with van der Waals surface area (Å²) in [6, 6.07) is 4.60. The molecule has 1 aromatic carbocycles. The first-order valence-corrected chi connectivity index (χ1v) is 7.89. The maximum absolute atomic E-state index is 13.5. The zero-order valence-electron chi connectivity index (χ0n) is 10.6. The van der Waals surface area contributed by atoms with Crippen LogP contribution in [0.25, 0.3) is 0 Å². The monoisotopic (exact) mass is 271 g/mol. The fourth-order valence-corrected chi connectivity index (χ4v) is 4.20. The first-order valence-electron chi connectivity index (χ1n) is 6.07. The van der Waals surface area contributed by atoms with Crippen LogP contribution in [-0.4, -0.2) is 26.5 Å². The van der Waals surface area contributed by atoms with Crippen molar-refractivity contribution in [1.82, 2.24) is 5.32 Å². The molecule has 0 spiro atoms. The predicted octanol–water partition coefficient (Wildman–Crippen LogP) is 1.83. The van der Waals surface area contributed by atoms with E-state index >= 15 is 0 Å². The normalized spacial score (nSPS) is 27.7. The minimum atomic E-state index is -3.07. The number of rotatable bonds is 1. The molecule has 1 N–H and O–H groups in total. The van der Waals surface area contributed by atoms with Crippen molar-refractivity contribution in [3.05, 3.63) is 35.1 Å². The van der Waals surface area contributed by atoms with Gasteiger partial charge in [-0.25, -0.2) is 12.8 Å². The third-order valence-corrected chi connectivity index (χ3v) is 5.19. The highest BCUT2D eigenvalue weighted by Gasteiger charge is 2.27. The molecular formula is C13H18FNO2S. The molecule has 100 valence electrons. The maximum atomic E-state index is 13.5. The summed E-state index contributed by atoms with van der Waals surface area (Å²) in [5.74, 6) is 0.0457. The third kappa shape index (κ3) is 3.09. The van der Waals surface area contributed by atoms with E-state index in [4.69, 9.17) is 0 Å². The van der Waals surface area contributed by atoms with Gasteiger partial charge in [0.15, 0.2) is 9.84 Å². The van der Waals surface area contributed by atoms with Gasteiger partial charge in [0.1, 0.15) is 5.82 Å². The fourth-order valence-electron chi connectivity index (χ4n) is 2.26. The van der Waals surface area contributed by atoms with Gasteiger partial charge in [-0.3, -0.25) is 0 Å². The van der Waals surface area contributed by atoms with E-state index in [0.29, 0.717) is 17.7 Å². The summed E-state index contributed by atoms with van der Waals surface area (Å²) in [5.41, 5.74) is 1.28. The van der Waals surface area contributed by atoms with Gasteiger partial charge in [0.2, 0.25) is 0 Å². The third-order valence-electron chi connectivity index (χ3n) is 3.27. The highest BCUT2D eigenvalue weighted by Crippen LogP contribution is 2.22. The van der Waals surface area contributed by atoms with E-state index in [1.165, 1.54) is 6.07 Å². The van der Waals surface area contributed by atoms with E-state index in [-0.39, 0.29) is 29.3 Å². The lowest BCUT2D eigenvalue weighted by atomic mass is 10.1. The summed E-state index contributed by atoms with van der Waals surface area (Å²) in [6.45, 7) is 4.24. The van der Waals surface area contributed by atoms with Crippen molar-refractivity contribution < 1.29 is 12.8 Å². The summed E-state index contributed by atoms with van der Waals surface area (Å²) in [5, 5.41) is 3.20. The average Bonchev–Trinajstić information content (AvgIpc) is 2.40. The summed E-state index contributed by atoms with van der Waals surface area (Å²) in [6.07, 6.45) is 0. The molecule has 0 amide bonds. The molecule has 0 saturated carbocycles. The molecule has 0 bridgehead atoms. The quantitative estimate of drug-likeness (QED) is 0.847. The largest absolute Gasteiger partial charge is 0.309 e. The molecule has 2 atom stereocenters. The minimum absolute atomic E-state index is 0.0415. The van der Waals surface area contributed by atoms with Crippen LogP contribution in [-0.2, 0) is 9.84 Å². The Morgan fingerprint density at radius 3 is 2.72 bits per heavy atom. The number of benzene rings is 1. The molecule has 1 fully saturated rings. The standard InChI is InChI=1S/C13H18FNO2S/c1-9-6-15-13(8-18(16,17)7-9)11-4-3-10(2)12(14)5-11/h3-5,9,13,15H,6-8H2,1-2H3. The lowest BCUT2D eigenvalue weighted by molar-refractivity contribution is 0.514. The summed E-state index contributed by atoms with van der Waals surface area (Å²) in [4.78, 5) is 0. The molecule has 1 aromatic rings. The molecule has 1 aliphatic rings. The van der Waals surface area contributed by atoms with E-state index in [9.17, 15) is 12.8 Å². The molecule has 2 unspecified atom stereocenters. The SMILES string of the molecule is Cc1ccc(C2CS(=O)(=O)CC(C)CN2)cc1F. The van der Waals surface area contributed by atoms with Gasteiger partial charge >= 0.3 is 0 Å². The van der Waals surface area contributed by atoms with Crippen LogP contribution in [0.15, 0.2) is 18.2 Å². The van der Waals surface area contributed by atoms with E-state index in [0.717, 1.165) is 0 Å². The first-order chi connectivity index (χ1) is 8.37. The van der Waals surface area contributed by atoms with Crippen LogP contribution >= 0.6 is 0 Å². The van der Waals surface area contributed by atoms with E-state index in [1.54, 1.807) is 19.1 Å². The summed E-state index contributed by atoms with van der Waals surface area (Å²) >= 11 is 0. The number of halogens is 1. The Hall–Kier alpha value is -0.940. The van der Waals surface area contributed by atoms with Gasteiger partial charge in [0.05, 0.1) is 11.5 Å². The second-order valence-electron chi connectivity index (χ2n) is 5.15. The Morgan fingerprint density at radius 1 is 1.33 bits per heavy atom. The number of hydrogen-bond acceptors (Lipinski definition) is 3. The number of aryl methyl sites for hydroxylation is 1. The van der Waals surface area contributed by atoms with E-state index in [2.05, 4.69) is 5.32 Å². The fraction of sp³-hybridized carbons (Fsp3) is 0.538. The molecule has 0 aliphatic carbocycles. The second kappa shape index (κ2) is 4.97. The van der Waals surface area contributed by atoms with Gasteiger partial charge in [-0.05, 0) is 36.6 Å². The van der Waals surface area contributed by atoms with Gasteiger partial charge in [-0.15, -0.1) is 0 Å². The molecule has 1 saturated heterocycles. The van der Waals surface area contributed by atoms with E-state index < -0.39 is 9.84 Å². The van der Waals surface area contributed by atoms with Crippen LogP contribution in [0, 0.1) is 18.7 Å². The van der Waals surface area contributed by atoms with Gasteiger partial charge < -0.3 is 5.32 Å². The van der Waals surface area contributed by atoms with Crippen molar-refractivity contribution in [3.8, 4) is 0 Å². The van der Waals surface area contributed by atoms with Crippen molar-refractivity contribution in [1.29, 1.82) is 0 Å². The van der Waals surface area contributed by atoms with Crippen molar-refractivity contribution >= 4 is 9.84 Å². The highest BCUT2D eigenvalue weighted by molar-refractivity contribution is 7.91. The molecule has 3 nitrogen and oxygen atoms in total. The molecule has 5 heteroatoms. The first kappa shape index (κ1) is 13.5. The number of hydrogen-bond donors (Lipinski definition) is 1. The van der Waals surface area contributed by atoms with Gasteiger partial charge in [0, 0.05) is 6.04 Å². The Labute approximate surface area is 107 Å². The Balaban J connectivity index is 2.29. The van der Waals surface area contributed by atoms with E-state index in [1.807, 2.05) is 6.92 Å². The van der Waals surface area contributed by atoms with Crippen LogP contribution in [0.4, 0.5) is 4.39 Å². The second-order valence-corrected chi connectivity index (χ2v) is 7.31. The van der Waals surface area contributed by atoms with Gasteiger partial charge in [-0.1, -0.05) is 19.1 Å². The van der Waals surface area contributed by atoms with Gasteiger partial charge in [0.25, 0.3) is 0 Å². The summed E-state index contributed by atoms with van der Waals surface area (Å²) in [7, 11) is -3.07. The van der Waals surface area contributed by atoms with Crippen LogP contribution in [0.1, 0.15) is 24.1 Å². The predicted molar refractivity (Wildman–Crippen MR) is 69.7 cm³/mol. The van der Waals surface area contributed by atoms with Crippen LogP contribution in [0.5, 0.6) is 0 Å². The molecule has 1 heterocycles. The van der Waals surface area contributed by atoms with Crippen molar-refractivity contribution in [2.45, 2.75) is 19.9 Å². The molecule has 0 aromatic heterocycles. The zero-order chi connectivity index (χ0) is 13.3. The lowest BCUT2D eigenvalue weighted by Gasteiger charge is -2.16. The number of nitrogens with one attached hydrogen (secondary N) is 1. The Bertz CT molecular complexity index is 542. The number of sulfone groups is 1. The Morgan fingerprint density at radius 2 is 2.06 bits per heavy atom. The maximum Gasteiger partial charge on any atom is 0.152 e. The molecule has 1 aliphatic heterocycles. The molecule has 2 rings (SSSR count). The summed E-state index contributed by atoms with van der Waals surface area (Å²) < 4.78 is 37.3. The van der Waals surface area contributed by atoms with Crippen molar-refractivity contribution in [3.63, 3.8) is 0 Å². The smallest absolute Gasteiger partial charge is 0.152 e. The zero-order valence-corrected chi connectivity index (χ0v) is 11.4. The average molecular weight is 271 g/mol. The highest BCUT2D eigenvalue weighted by atomic mass is 32.2. The van der Waals surface area contributed by atoms with Crippen LogP contribution < -0.4 is 5.32 Å². The van der Waals surface area contributed by atoms with Gasteiger partial charge in [-0.2, -0.15) is 0 Å². The van der Waals surface area contributed by atoms with Crippen molar-refractivity contribution in [2.75, 3.05) is 18.1 Å². The van der Waals surface area contributed by atoms with Crippen LogP contribution in [0.3, 0.4) is 0 Å². The van der Waals surface area contributed by atoms with Crippen LogP contribution in [0.2, 0.25) is 0 Å². The minimum Gasteiger partial charge on any atom is -0.309 e. The Kier molecular flexibility index (Phi) is 3.73. The van der Waals surface area contributed by atoms with Crippen molar-refractivity contribution in [2.24, 2.45) is 5.92 Å². The lowest BCUT2D eigenvalue weighted by Crippen LogP contribution is -2.26. The molecular weight excluding hydrogens is 253 g/mol. The molecule has 0 radical (unpaired) electrons.